The van der Waals surface area contributed by atoms with Crippen LogP contribution in [-0.2, 0) is 26.8 Å². The van der Waals surface area contributed by atoms with Crippen LogP contribution in [0.5, 0.6) is 5.75 Å². The molecule has 0 bridgehead atoms. The summed E-state index contributed by atoms with van der Waals surface area (Å²) in [6.07, 6.45) is 0.0530. The SMILES string of the molecule is COc1ccc(Cl)c(Nc2nc3ccccc3nc2CS(=O)(=O)c2cc(CC(=O)[C@@H](C)N)ccc2C)c1. The molecular weight excluding hydrogens is 512 g/mol. The highest BCUT2D eigenvalue weighted by atomic mass is 35.5. The molecule has 3 aromatic carbocycles. The lowest BCUT2D eigenvalue weighted by Crippen LogP contribution is -2.28. The zero-order valence-corrected chi connectivity index (χ0v) is 22.2. The fourth-order valence-electron chi connectivity index (χ4n) is 3.80. The molecule has 0 aliphatic rings. The minimum absolute atomic E-state index is 0.0530. The molecule has 1 atom stereocenters. The Morgan fingerprint density at radius 2 is 1.78 bits per heavy atom. The maximum Gasteiger partial charge on any atom is 0.184 e. The van der Waals surface area contributed by atoms with Gasteiger partial charge in [0.1, 0.15) is 11.5 Å². The van der Waals surface area contributed by atoms with Gasteiger partial charge in [-0.25, -0.2) is 18.4 Å². The van der Waals surface area contributed by atoms with Crippen molar-refractivity contribution in [1.29, 1.82) is 0 Å². The van der Waals surface area contributed by atoms with Crippen molar-refractivity contribution in [2.75, 3.05) is 12.4 Å². The normalized spacial score (nSPS) is 12.4. The highest BCUT2D eigenvalue weighted by molar-refractivity contribution is 7.90. The highest BCUT2D eigenvalue weighted by Gasteiger charge is 2.23. The van der Waals surface area contributed by atoms with Crippen molar-refractivity contribution in [2.24, 2.45) is 5.73 Å². The molecule has 37 heavy (non-hydrogen) atoms. The summed E-state index contributed by atoms with van der Waals surface area (Å²) >= 11 is 6.38. The topological polar surface area (TPSA) is 124 Å². The molecule has 4 aromatic rings. The van der Waals surface area contributed by atoms with Gasteiger partial charge in [0.25, 0.3) is 0 Å². The third-order valence-electron chi connectivity index (χ3n) is 5.87. The van der Waals surface area contributed by atoms with Gasteiger partial charge in [-0.3, -0.25) is 4.79 Å². The van der Waals surface area contributed by atoms with E-state index >= 15 is 0 Å². The monoisotopic (exact) mass is 538 g/mol. The lowest BCUT2D eigenvalue weighted by Gasteiger charge is -2.15. The number of fused-ring (bicyclic) bond motifs is 1. The first-order valence-electron chi connectivity index (χ1n) is 11.5. The summed E-state index contributed by atoms with van der Waals surface area (Å²) in [5.74, 6) is 0.247. The summed E-state index contributed by atoms with van der Waals surface area (Å²) in [4.78, 5) is 21.5. The van der Waals surface area contributed by atoms with Crippen LogP contribution in [0, 0.1) is 6.92 Å². The molecule has 0 fully saturated rings. The second-order valence-corrected chi connectivity index (χ2v) is 11.1. The maximum absolute atomic E-state index is 13.7. The Hall–Kier alpha value is -3.53. The van der Waals surface area contributed by atoms with Crippen LogP contribution in [0.25, 0.3) is 11.0 Å². The number of rotatable bonds is 9. The van der Waals surface area contributed by atoms with Crippen molar-refractivity contribution in [2.45, 2.75) is 37.0 Å². The molecule has 1 aromatic heterocycles. The quantitative estimate of drug-likeness (QED) is 0.312. The van der Waals surface area contributed by atoms with Crippen LogP contribution in [0.3, 0.4) is 0 Å². The molecule has 8 nitrogen and oxygen atoms in total. The molecule has 0 saturated heterocycles. The van der Waals surface area contributed by atoms with E-state index in [0.717, 1.165) is 0 Å². The summed E-state index contributed by atoms with van der Waals surface area (Å²) < 4.78 is 32.6. The molecule has 192 valence electrons. The molecule has 0 aliphatic heterocycles. The lowest BCUT2D eigenvalue weighted by molar-refractivity contribution is -0.119. The predicted molar refractivity (Wildman–Crippen MR) is 145 cm³/mol. The Balaban J connectivity index is 1.76. The first-order chi connectivity index (χ1) is 17.6. The molecule has 10 heteroatoms. The smallest absolute Gasteiger partial charge is 0.184 e. The number of halogens is 1. The zero-order chi connectivity index (χ0) is 26.7. The second-order valence-electron chi connectivity index (χ2n) is 8.77. The molecule has 0 saturated carbocycles. The number of carbonyl (C=O) groups excluding carboxylic acids is 1. The van der Waals surface area contributed by atoms with Crippen molar-refractivity contribution in [1.82, 2.24) is 9.97 Å². The molecule has 4 rings (SSSR count). The number of sulfone groups is 1. The van der Waals surface area contributed by atoms with E-state index < -0.39 is 21.6 Å². The van der Waals surface area contributed by atoms with E-state index in [1.165, 1.54) is 6.07 Å². The maximum atomic E-state index is 13.7. The standard InChI is InChI=1S/C27H27ClN4O4S/c1-16-8-9-18(12-25(33)17(2)29)13-26(16)37(34,35)15-24-27(31-22-7-5-4-6-21(22)30-24)32-23-14-19(36-3)10-11-20(23)28/h4-11,13-14,17H,12,15,29H2,1-3H3,(H,31,32)/t17-/m1/s1. The zero-order valence-electron chi connectivity index (χ0n) is 20.7. The average Bonchev–Trinajstić information content (AvgIpc) is 2.86. The number of methoxy groups -OCH3 is 1. The van der Waals surface area contributed by atoms with Gasteiger partial charge in [0.05, 0.1) is 45.5 Å². The first-order valence-corrected chi connectivity index (χ1v) is 13.6. The number of nitrogens with zero attached hydrogens (tertiary/aromatic N) is 2. The second kappa shape index (κ2) is 10.8. The number of hydrogen-bond donors (Lipinski definition) is 2. The van der Waals surface area contributed by atoms with Gasteiger partial charge in [-0.2, -0.15) is 0 Å². The van der Waals surface area contributed by atoms with Crippen LogP contribution in [0.1, 0.15) is 23.7 Å². The van der Waals surface area contributed by atoms with E-state index in [4.69, 9.17) is 22.1 Å². The Morgan fingerprint density at radius 3 is 2.46 bits per heavy atom. The van der Waals surface area contributed by atoms with Gasteiger partial charge in [-0.1, -0.05) is 35.9 Å². The van der Waals surface area contributed by atoms with E-state index in [1.807, 2.05) is 12.1 Å². The van der Waals surface area contributed by atoms with E-state index in [1.54, 1.807) is 63.4 Å². The molecular formula is C27H27ClN4O4S. The fourth-order valence-corrected chi connectivity index (χ4v) is 5.57. The van der Waals surface area contributed by atoms with Gasteiger partial charge in [0.15, 0.2) is 21.4 Å². The Bertz CT molecular complexity index is 1590. The van der Waals surface area contributed by atoms with E-state index in [9.17, 15) is 13.2 Å². The van der Waals surface area contributed by atoms with E-state index in [-0.39, 0.29) is 28.6 Å². The number of ketones is 1. The van der Waals surface area contributed by atoms with Crippen molar-refractivity contribution in [3.63, 3.8) is 0 Å². The Kier molecular flexibility index (Phi) is 7.77. The third kappa shape index (κ3) is 6.07. The summed E-state index contributed by atoms with van der Waals surface area (Å²) in [7, 11) is -2.33. The summed E-state index contributed by atoms with van der Waals surface area (Å²) in [6, 6.07) is 16.6. The van der Waals surface area contributed by atoms with Crippen LogP contribution < -0.4 is 15.8 Å². The number of benzene rings is 3. The summed E-state index contributed by atoms with van der Waals surface area (Å²) in [6.45, 7) is 3.32. The number of ether oxygens (including phenoxy) is 1. The van der Waals surface area contributed by atoms with Gasteiger partial charge < -0.3 is 15.8 Å². The van der Waals surface area contributed by atoms with Gasteiger partial charge in [-0.05, 0) is 55.3 Å². The van der Waals surface area contributed by atoms with E-state index in [2.05, 4.69) is 15.3 Å². The fraction of sp³-hybridized carbons (Fsp3) is 0.222. The number of hydrogen-bond acceptors (Lipinski definition) is 8. The highest BCUT2D eigenvalue weighted by Crippen LogP contribution is 2.32. The molecule has 0 amide bonds. The molecule has 0 spiro atoms. The van der Waals surface area contributed by atoms with Crippen LogP contribution in [-0.4, -0.2) is 37.3 Å². The Morgan fingerprint density at radius 1 is 1.08 bits per heavy atom. The molecule has 0 radical (unpaired) electrons. The van der Waals surface area contributed by atoms with Gasteiger partial charge in [-0.15, -0.1) is 0 Å². The minimum atomic E-state index is -3.87. The molecule has 0 unspecified atom stereocenters. The number of anilines is 2. The minimum Gasteiger partial charge on any atom is -0.497 e. The number of carbonyl (C=O) groups is 1. The van der Waals surface area contributed by atoms with Crippen LogP contribution in [0.4, 0.5) is 11.5 Å². The number of nitrogens with two attached hydrogens (primary N) is 1. The third-order valence-corrected chi connectivity index (χ3v) is 7.96. The number of nitrogens with one attached hydrogen (secondary N) is 1. The van der Waals surface area contributed by atoms with Crippen molar-refractivity contribution >= 4 is 49.8 Å². The molecule has 0 aliphatic carbocycles. The van der Waals surface area contributed by atoms with Crippen LogP contribution in [0.15, 0.2) is 65.6 Å². The predicted octanol–water partition coefficient (Wildman–Crippen LogP) is 4.78. The molecule has 3 N–H and O–H groups in total. The average molecular weight is 539 g/mol. The largest absolute Gasteiger partial charge is 0.497 e. The number of para-hydroxylation sites is 2. The van der Waals surface area contributed by atoms with Crippen molar-refractivity contribution in [3.8, 4) is 5.75 Å². The van der Waals surface area contributed by atoms with E-state index in [0.29, 0.717) is 38.6 Å². The lowest BCUT2D eigenvalue weighted by atomic mass is 10.0. The number of aromatic nitrogens is 2. The Labute approximate surface area is 220 Å². The van der Waals surface area contributed by atoms with Crippen molar-refractivity contribution < 1.29 is 17.9 Å². The van der Waals surface area contributed by atoms with Crippen molar-refractivity contribution in [3.05, 3.63) is 82.5 Å². The van der Waals surface area contributed by atoms with Crippen LogP contribution in [0.2, 0.25) is 5.02 Å². The van der Waals surface area contributed by atoms with Gasteiger partial charge in [0, 0.05) is 12.5 Å². The van der Waals surface area contributed by atoms with Gasteiger partial charge in [0.2, 0.25) is 0 Å². The number of aryl methyl sites for hydroxylation is 1. The number of Topliss-reactive ketones (excluding diaryl/α,β-unsaturated/α-hetero) is 1. The summed E-state index contributed by atoms with van der Waals surface area (Å²) in [5.41, 5.74) is 8.71. The van der Waals surface area contributed by atoms with Crippen LogP contribution >= 0.6 is 11.6 Å². The first kappa shape index (κ1) is 26.5. The van der Waals surface area contributed by atoms with Gasteiger partial charge >= 0.3 is 0 Å². The molecule has 1 heterocycles. The summed E-state index contributed by atoms with van der Waals surface area (Å²) in [5, 5.41) is 3.55.